The van der Waals surface area contributed by atoms with Crippen molar-refractivity contribution < 1.29 is 4.74 Å². The van der Waals surface area contributed by atoms with E-state index in [0.29, 0.717) is 27.9 Å². The number of hydrogen-bond donors (Lipinski definition) is 3. The van der Waals surface area contributed by atoms with Crippen molar-refractivity contribution in [2.45, 2.75) is 6.92 Å². The van der Waals surface area contributed by atoms with Crippen molar-refractivity contribution in [2.24, 2.45) is 10.7 Å². The summed E-state index contributed by atoms with van der Waals surface area (Å²) in [6.07, 6.45) is 7.64. The fourth-order valence-corrected chi connectivity index (χ4v) is 1.81. The molecule has 0 radical (unpaired) electrons. The number of nitrogen functional groups attached to an aromatic ring is 1. The third-order valence-corrected chi connectivity index (χ3v) is 2.82. The molecule has 0 aliphatic carbocycles. The molecule has 5 N–H and O–H groups in total. The second-order valence-corrected chi connectivity index (χ2v) is 4.15. The van der Waals surface area contributed by atoms with Gasteiger partial charge in [0.2, 0.25) is 0 Å². The summed E-state index contributed by atoms with van der Waals surface area (Å²) in [7, 11) is 1.69. The van der Waals surface area contributed by atoms with Crippen LogP contribution in [0, 0.1) is 0 Å². The van der Waals surface area contributed by atoms with Gasteiger partial charge < -0.3 is 21.5 Å². The zero-order chi connectivity index (χ0) is 15.8. The van der Waals surface area contributed by atoms with Crippen LogP contribution in [-0.4, -0.2) is 17.7 Å². The van der Waals surface area contributed by atoms with E-state index in [-0.39, 0.29) is 5.82 Å². The van der Waals surface area contributed by atoms with Crippen molar-refractivity contribution in [3.05, 3.63) is 48.1 Å². The molecule has 21 heavy (non-hydrogen) atoms. The van der Waals surface area contributed by atoms with Gasteiger partial charge in [-0.25, -0.2) is 4.98 Å². The number of nitrogens with two attached hydrogens (primary N) is 2. The summed E-state index contributed by atoms with van der Waals surface area (Å²) < 4.78 is 5.68. The molecule has 1 heterocycles. The number of nitrogens with zero attached hydrogens (tertiary/aromatic N) is 2. The number of hydrogen-bond acceptors (Lipinski definition) is 6. The minimum atomic E-state index is 0.279. The van der Waals surface area contributed by atoms with Crippen molar-refractivity contribution in [1.82, 2.24) is 4.98 Å². The van der Waals surface area contributed by atoms with E-state index >= 15 is 0 Å². The van der Waals surface area contributed by atoms with Crippen molar-refractivity contribution in [3.63, 3.8) is 0 Å². The summed E-state index contributed by atoms with van der Waals surface area (Å²) in [5, 5.41) is 3.17. The monoisotopic (exact) mass is 307 g/mol. The smallest absolute Gasteiger partial charge is 0.168 e. The predicted molar refractivity (Wildman–Crippen MR) is 88.6 cm³/mol. The summed E-state index contributed by atoms with van der Waals surface area (Å²) in [6, 6.07) is 0. The van der Waals surface area contributed by atoms with Crippen molar-refractivity contribution in [2.75, 3.05) is 18.1 Å². The normalized spacial score (nSPS) is 12.5. The first-order valence-electron chi connectivity index (χ1n) is 6.12. The van der Waals surface area contributed by atoms with Crippen molar-refractivity contribution in [3.8, 4) is 5.75 Å². The molecule has 0 unspecified atom stereocenters. The first kappa shape index (κ1) is 16.6. The molecular weight excluding hydrogens is 290 g/mol. The van der Waals surface area contributed by atoms with Crippen LogP contribution in [0.5, 0.6) is 5.75 Å². The van der Waals surface area contributed by atoms with Crippen LogP contribution >= 0.6 is 11.6 Å². The van der Waals surface area contributed by atoms with E-state index in [1.165, 1.54) is 18.6 Å². The molecule has 0 amide bonds. The van der Waals surface area contributed by atoms with Crippen LogP contribution in [0.4, 0.5) is 11.5 Å². The molecule has 0 bridgehead atoms. The van der Waals surface area contributed by atoms with Gasteiger partial charge in [0.05, 0.1) is 11.9 Å². The van der Waals surface area contributed by atoms with E-state index in [2.05, 4.69) is 21.9 Å². The van der Waals surface area contributed by atoms with Crippen LogP contribution < -0.4 is 21.5 Å². The molecule has 6 nitrogen and oxygen atoms in total. The summed E-state index contributed by atoms with van der Waals surface area (Å²) in [6.45, 7) is 5.40. The Morgan fingerprint density at radius 3 is 2.81 bits per heavy atom. The van der Waals surface area contributed by atoms with Crippen LogP contribution in [0.2, 0.25) is 5.02 Å². The Kier molecular flexibility index (Phi) is 6.29. The first-order chi connectivity index (χ1) is 10.1. The zero-order valence-corrected chi connectivity index (χ0v) is 12.7. The number of aliphatic imine (C=N–C) groups is 1. The predicted octanol–water partition coefficient (Wildman–Crippen LogP) is 2.70. The Hall–Kier alpha value is -2.47. The molecule has 0 saturated heterocycles. The molecule has 112 valence electrons. The Balaban J connectivity index is 3.19. The maximum Gasteiger partial charge on any atom is 0.168 e. The van der Waals surface area contributed by atoms with E-state index in [0.717, 1.165) is 0 Å². The third kappa shape index (κ3) is 4.00. The lowest BCUT2D eigenvalue weighted by Crippen LogP contribution is -2.10. The van der Waals surface area contributed by atoms with Crippen LogP contribution in [-0.2, 0) is 0 Å². The Bertz CT molecular complexity index is 608. The second-order valence-electron chi connectivity index (χ2n) is 3.78. The van der Waals surface area contributed by atoms with Crippen molar-refractivity contribution in [1.29, 1.82) is 0 Å². The van der Waals surface area contributed by atoms with Gasteiger partial charge in [-0.15, -0.1) is 0 Å². The maximum atomic E-state index is 6.22. The van der Waals surface area contributed by atoms with Gasteiger partial charge in [0, 0.05) is 19.4 Å². The van der Waals surface area contributed by atoms with Crippen LogP contribution in [0.1, 0.15) is 6.92 Å². The molecule has 7 heteroatoms. The Morgan fingerprint density at radius 1 is 1.57 bits per heavy atom. The third-order valence-electron chi connectivity index (χ3n) is 2.44. The standard InChI is InChI=1S/C14H18ClN5O/c1-4-6-9(19-5-2)10(7-16)21-11-8-20-14(17)13(18-3)12(11)15/h4-8,18H,2,16H2,1,3H3,(H2,17,20)/b6-4-,10-7+,19-9?. The molecule has 0 saturated carbocycles. The summed E-state index contributed by atoms with van der Waals surface area (Å²) in [4.78, 5) is 8.10. The van der Waals surface area contributed by atoms with Gasteiger partial charge in [-0.1, -0.05) is 24.3 Å². The van der Waals surface area contributed by atoms with E-state index in [4.69, 9.17) is 27.8 Å². The van der Waals surface area contributed by atoms with Gasteiger partial charge in [-0.3, -0.25) is 4.99 Å². The number of aromatic nitrogens is 1. The lowest BCUT2D eigenvalue weighted by molar-refractivity contribution is 0.451. The van der Waals surface area contributed by atoms with Crippen LogP contribution in [0.3, 0.4) is 0 Å². The van der Waals surface area contributed by atoms with E-state index in [1.807, 2.05) is 6.92 Å². The highest BCUT2D eigenvalue weighted by molar-refractivity contribution is 6.35. The molecular formula is C14H18ClN5O. The molecule has 0 aliphatic heterocycles. The fourth-order valence-electron chi connectivity index (χ4n) is 1.53. The van der Waals surface area contributed by atoms with Gasteiger partial charge in [-0.2, -0.15) is 0 Å². The highest BCUT2D eigenvalue weighted by Crippen LogP contribution is 2.35. The Labute approximate surface area is 128 Å². The molecule has 0 spiro atoms. The van der Waals surface area contributed by atoms with Gasteiger partial charge in [0.15, 0.2) is 11.5 Å². The van der Waals surface area contributed by atoms with Gasteiger partial charge >= 0.3 is 0 Å². The number of nitrogens with one attached hydrogen (secondary N) is 1. The minimum Gasteiger partial charge on any atom is -0.450 e. The average Bonchev–Trinajstić information content (AvgIpc) is 2.47. The number of anilines is 2. The molecule has 1 aromatic heterocycles. The van der Waals surface area contributed by atoms with E-state index in [1.54, 1.807) is 19.2 Å². The van der Waals surface area contributed by atoms with Crippen LogP contribution in [0.25, 0.3) is 0 Å². The summed E-state index contributed by atoms with van der Waals surface area (Å²) in [5.41, 5.74) is 12.3. The van der Waals surface area contributed by atoms with Crippen LogP contribution in [0.15, 0.2) is 48.1 Å². The summed E-state index contributed by atoms with van der Waals surface area (Å²) >= 11 is 6.22. The van der Waals surface area contributed by atoms with E-state index in [9.17, 15) is 0 Å². The zero-order valence-electron chi connectivity index (χ0n) is 11.9. The molecule has 1 aromatic rings. The molecule has 1 rings (SSSR count). The van der Waals surface area contributed by atoms with Gasteiger partial charge in [0.1, 0.15) is 16.6 Å². The molecule has 0 fully saturated rings. The molecule has 0 aliphatic rings. The molecule has 0 atom stereocenters. The maximum absolute atomic E-state index is 6.22. The number of rotatable bonds is 6. The van der Waals surface area contributed by atoms with Gasteiger partial charge in [-0.05, 0) is 13.0 Å². The van der Waals surface area contributed by atoms with Gasteiger partial charge in [0.25, 0.3) is 0 Å². The number of allylic oxidation sites excluding steroid dienone is 2. The van der Waals surface area contributed by atoms with E-state index < -0.39 is 0 Å². The lowest BCUT2D eigenvalue weighted by Gasteiger charge is -2.13. The largest absolute Gasteiger partial charge is 0.450 e. The second kappa shape index (κ2) is 7.96. The number of halogens is 1. The topological polar surface area (TPSA) is 98.5 Å². The SMILES string of the molecule is C=CN=C(/C=C\C)/C(=C\N)Oc1cnc(N)c(NC)c1Cl. The lowest BCUT2D eigenvalue weighted by atomic mass is 10.3. The summed E-state index contributed by atoms with van der Waals surface area (Å²) in [5.74, 6) is 0.915. The quantitative estimate of drug-likeness (QED) is 0.554. The fraction of sp³-hybridized carbons (Fsp3) is 0.143. The highest BCUT2D eigenvalue weighted by atomic mass is 35.5. The molecule has 0 aromatic carbocycles. The number of ether oxygens (including phenoxy) is 1. The highest BCUT2D eigenvalue weighted by Gasteiger charge is 2.14. The number of pyridine rings is 1. The first-order valence-corrected chi connectivity index (χ1v) is 6.50. The average molecular weight is 308 g/mol. The Morgan fingerprint density at radius 2 is 2.29 bits per heavy atom. The van der Waals surface area contributed by atoms with Crippen molar-refractivity contribution >= 4 is 28.8 Å². The minimum absolute atomic E-state index is 0.279.